The highest BCUT2D eigenvalue weighted by molar-refractivity contribution is 14.0. The van der Waals surface area contributed by atoms with Gasteiger partial charge in [0.1, 0.15) is 5.76 Å². The second kappa shape index (κ2) is 10.6. The maximum Gasteiger partial charge on any atom is 0.193 e. The van der Waals surface area contributed by atoms with Crippen molar-refractivity contribution in [3.8, 4) is 0 Å². The molecule has 7 heteroatoms. The van der Waals surface area contributed by atoms with E-state index in [1.165, 1.54) is 24.0 Å². The number of nitrogens with one attached hydrogen (secondary N) is 1. The number of halogens is 1. The fourth-order valence-electron chi connectivity index (χ4n) is 4.49. The van der Waals surface area contributed by atoms with E-state index >= 15 is 0 Å². The summed E-state index contributed by atoms with van der Waals surface area (Å²) in [5.74, 6) is 1.98. The molecule has 164 valence electrons. The van der Waals surface area contributed by atoms with E-state index < -0.39 is 0 Å². The van der Waals surface area contributed by atoms with Crippen LogP contribution in [0.3, 0.4) is 0 Å². The zero-order chi connectivity index (χ0) is 20.1. The maximum atomic E-state index is 5.67. The number of benzene rings is 1. The minimum Gasteiger partial charge on any atom is -0.468 e. The van der Waals surface area contributed by atoms with Crippen LogP contribution in [0.25, 0.3) is 0 Å². The van der Waals surface area contributed by atoms with E-state index in [2.05, 4.69) is 51.4 Å². The first-order valence-electron chi connectivity index (χ1n) is 10.5. The standard InChI is InChI=1S/C23H32N4O2.HI/c1-24-22(27-11-9-23(17-27)10-13-28-18-23)25-14-19-6-3-4-7-20(19)15-26(2)16-21-8-5-12-29-21;/h3-8,12H,9-11,13-18H2,1-2H3,(H,24,25);1H. The Balaban J connectivity index is 0.00000256. The molecule has 1 aromatic heterocycles. The second-order valence-corrected chi connectivity index (χ2v) is 8.40. The molecule has 0 aliphatic carbocycles. The third kappa shape index (κ3) is 5.56. The molecule has 0 amide bonds. The van der Waals surface area contributed by atoms with Crippen LogP contribution in [0.15, 0.2) is 52.1 Å². The van der Waals surface area contributed by atoms with E-state index in [-0.39, 0.29) is 24.0 Å². The molecule has 1 aromatic carbocycles. The van der Waals surface area contributed by atoms with Crippen LogP contribution >= 0.6 is 24.0 Å². The summed E-state index contributed by atoms with van der Waals surface area (Å²) in [4.78, 5) is 9.21. The molecule has 2 fully saturated rings. The second-order valence-electron chi connectivity index (χ2n) is 8.40. The lowest BCUT2D eigenvalue weighted by Crippen LogP contribution is -2.41. The minimum atomic E-state index is 0. The summed E-state index contributed by atoms with van der Waals surface area (Å²) in [7, 11) is 4.00. The average molecular weight is 524 g/mol. The lowest BCUT2D eigenvalue weighted by atomic mass is 9.87. The average Bonchev–Trinajstić information content (AvgIpc) is 3.48. The SMILES string of the molecule is CN=C(NCc1ccccc1CN(C)Cc1ccco1)N1CCC2(CCOC2)C1.I. The van der Waals surface area contributed by atoms with Crippen molar-refractivity contribution < 1.29 is 9.15 Å². The van der Waals surface area contributed by atoms with Gasteiger partial charge in [-0.15, -0.1) is 24.0 Å². The van der Waals surface area contributed by atoms with Crippen LogP contribution in [0, 0.1) is 5.41 Å². The molecule has 6 nitrogen and oxygen atoms in total. The highest BCUT2D eigenvalue weighted by Gasteiger charge is 2.42. The fraction of sp³-hybridized carbons (Fsp3) is 0.522. The number of likely N-dealkylation sites (tertiary alicyclic amines) is 1. The molecule has 30 heavy (non-hydrogen) atoms. The number of ether oxygens (including phenoxy) is 1. The molecule has 1 unspecified atom stereocenters. The predicted molar refractivity (Wildman–Crippen MR) is 130 cm³/mol. The van der Waals surface area contributed by atoms with Crippen LogP contribution in [0.2, 0.25) is 0 Å². The number of guanidine groups is 1. The van der Waals surface area contributed by atoms with Crippen molar-refractivity contribution in [3.63, 3.8) is 0 Å². The third-order valence-corrected chi connectivity index (χ3v) is 6.14. The normalized spacial score (nSPS) is 21.4. The first kappa shape index (κ1) is 23.1. The van der Waals surface area contributed by atoms with Crippen molar-refractivity contribution in [1.29, 1.82) is 0 Å². The Morgan fingerprint density at radius 1 is 1.17 bits per heavy atom. The van der Waals surface area contributed by atoms with Gasteiger partial charge in [-0.2, -0.15) is 0 Å². The highest BCUT2D eigenvalue weighted by atomic mass is 127. The largest absolute Gasteiger partial charge is 0.468 e. The molecule has 1 spiro atoms. The van der Waals surface area contributed by atoms with Gasteiger partial charge in [-0.3, -0.25) is 9.89 Å². The Morgan fingerprint density at radius 2 is 2.00 bits per heavy atom. The summed E-state index contributed by atoms with van der Waals surface area (Å²) in [6, 6.07) is 12.6. The number of hydrogen-bond donors (Lipinski definition) is 1. The van der Waals surface area contributed by atoms with Crippen molar-refractivity contribution in [3.05, 3.63) is 59.5 Å². The van der Waals surface area contributed by atoms with E-state index in [4.69, 9.17) is 9.15 Å². The van der Waals surface area contributed by atoms with E-state index in [0.717, 1.165) is 57.7 Å². The zero-order valence-electron chi connectivity index (χ0n) is 18.0. The topological polar surface area (TPSA) is 53.2 Å². The van der Waals surface area contributed by atoms with Gasteiger partial charge in [-0.1, -0.05) is 24.3 Å². The Labute approximate surface area is 196 Å². The van der Waals surface area contributed by atoms with Gasteiger partial charge >= 0.3 is 0 Å². The van der Waals surface area contributed by atoms with E-state index in [1.54, 1.807) is 6.26 Å². The molecule has 0 radical (unpaired) electrons. The summed E-state index contributed by atoms with van der Waals surface area (Å²) < 4.78 is 11.1. The van der Waals surface area contributed by atoms with Gasteiger partial charge in [0.25, 0.3) is 0 Å². The molecule has 2 aliphatic heterocycles. The number of hydrogen-bond acceptors (Lipinski definition) is 4. The Bertz CT molecular complexity index is 818. The van der Waals surface area contributed by atoms with Crippen LogP contribution in [-0.2, 0) is 24.4 Å². The van der Waals surface area contributed by atoms with Gasteiger partial charge in [0.2, 0.25) is 0 Å². The lowest BCUT2D eigenvalue weighted by Gasteiger charge is -2.25. The first-order chi connectivity index (χ1) is 14.2. The van der Waals surface area contributed by atoms with Gasteiger partial charge in [0.15, 0.2) is 5.96 Å². The highest BCUT2D eigenvalue weighted by Crippen LogP contribution is 2.38. The van der Waals surface area contributed by atoms with Gasteiger partial charge in [0, 0.05) is 45.2 Å². The first-order valence-corrected chi connectivity index (χ1v) is 10.5. The smallest absolute Gasteiger partial charge is 0.193 e. The molecular formula is C23H33IN4O2. The Hall–Kier alpha value is -1.58. The van der Waals surface area contributed by atoms with E-state index in [0.29, 0.717) is 5.41 Å². The van der Waals surface area contributed by atoms with Crippen molar-refractivity contribution in [2.45, 2.75) is 32.5 Å². The van der Waals surface area contributed by atoms with Crippen LogP contribution < -0.4 is 5.32 Å². The molecule has 2 aliphatic rings. The van der Waals surface area contributed by atoms with Crippen molar-refractivity contribution in [1.82, 2.24) is 15.1 Å². The number of rotatable bonds is 6. The summed E-state index contributed by atoms with van der Waals surface area (Å²) in [6.45, 7) is 6.34. The van der Waals surface area contributed by atoms with Gasteiger partial charge in [0.05, 0.1) is 19.4 Å². The maximum absolute atomic E-state index is 5.67. The number of nitrogens with zero attached hydrogens (tertiary/aromatic N) is 3. The molecule has 1 N–H and O–H groups in total. The van der Waals surface area contributed by atoms with E-state index in [9.17, 15) is 0 Å². The third-order valence-electron chi connectivity index (χ3n) is 6.14. The van der Waals surface area contributed by atoms with Crippen LogP contribution in [0.5, 0.6) is 0 Å². The van der Waals surface area contributed by atoms with Crippen molar-refractivity contribution >= 4 is 29.9 Å². The van der Waals surface area contributed by atoms with Gasteiger partial charge in [-0.25, -0.2) is 0 Å². The monoisotopic (exact) mass is 524 g/mol. The molecule has 1 atom stereocenters. The van der Waals surface area contributed by atoms with Crippen molar-refractivity contribution in [2.24, 2.45) is 10.4 Å². The summed E-state index contributed by atoms with van der Waals surface area (Å²) >= 11 is 0. The molecule has 2 saturated heterocycles. The van der Waals surface area contributed by atoms with Gasteiger partial charge < -0.3 is 19.4 Å². The molecule has 2 aromatic rings. The van der Waals surface area contributed by atoms with E-state index in [1.807, 2.05) is 19.2 Å². The Morgan fingerprint density at radius 3 is 2.70 bits per heavy atom. The predicted octanol–water partition coefficient (Wildman–Crippen LogP) is 3.72. The lowest BCUT2D eigenvalue weighted by molar-refractivity contribution is 0.156. The van der Waals surface area contributed by atoms with Crippen LogP contribution in [0.4, 0.5) is 0 Å². The quantitative estimate of drug-likeness (QED) is 0.355. The summed E-state index contributed by atoms with van der Waals surface area (Å²) in [5, 5.41) is 3.59. The van der Waals surface area contributed by atoms with Crippen molar-refractivity contribution in [2.75, 3.05) is 40.4 Å². The summed E-state index contributed by atoms with van der Waals surface area (Å²) in [5.41, 5.74) is 2.97. The van der Waals surface area contributed by atoms with Crippen LogP contribution in [-0.4, -0.2) is 56.2 Å². The number of aliphatic imine (C=N–C) groups is 1. The zero-order valence-corrected chi connectivity index (χ0v) is 20.3. The van der Waals surface area contributed by atoms with Crippen LogP contribution in [0.1, 0.15) is 29.7 Å². The fourth-order valence-corrected chi connectivity index (χ4v) is 4.49. The molecule has 0 bridgehead atoms. The molecule has 3 heterocycles. The van der Waals surface area contributed by atoms with Gasteiger partial charge in [-0.05, 0) is 43.1 Å². The summed E-state index contributed by atoms with van der Waals surface area (Å²) in [6.07, 6.45) is 4.10. The Kier molecular flexibility index (Phi) is 8.19. The molecule has 4 rings (SSSR count). The molecule has 0 saturated carbocycles. The number of furan rings is 1. The minimum absolute atomic E-state index is 0. The molecular weight excluding hydrogens is 491 g/mol.